The second kappa shape index (κ2) is 8.16. The molecule has 3 aromatic rings. The molecule has 0 aliphatic carbocycles. The van der Waals surface area contributed by atoms with Gasteiger partial charge in [-0.1, -0.05) is 23.7 Å². The van der Waals surface area contributed by atoms with E-state index >= 15 is 0 Å². The van der Waals surface area contributed by atoms with E-state index in [1.54, 1.807) is 27.8 Å². The molecule has 0 radical (unpaired) electrons. The van der Waals surface area contributed by atoms with Crippen molar-refractivity contribution in [3.63, 3.8) is 0 Å². The summed E-state index contributed by atoms with van der Waals surface area (Å²) >= 11 is 5.95. The molecule has 9 heteroatoms. The highest BCUT2D eigenvalue weighted by Gasteiger charge is 2.26. The van der Waals surface area contributed by atoms with Crippen LogP contribution in [0.15, 0.2) is 42.6 Å². The third-order valence-electron chi connectivity index (χ3n) is 4.98. The lowest BCUT2D eigenvalue weighted by Gasteiger charge is -2.29. The summed E-state index contributed by atoms with van der Waals surface area (Å²) in [5, 5.41) is 10.8. The molecule has 1 aliphatic rings. The number of anilines is 2. The Labute approximate surface area is 178 Å². The number of hydrogen-bond acceptors (Lipinski definition) is 5. The van der Waals surface area contributed by atoms with Crippen molar-refractivity contribution in [1.82, 2.24) is 20.1 Å². The first-order valence-electron chi connectivity index (χ1n) is 9.47. The van der Waals surface area contributed by atoms with Gasteiger partial charge < -0.3 is 15.5 Å². The molecule has 0 unspecified atom stereocenters. The fraction of sp³-hybridized carbons (Fsp3) is 0.238. The predicted molar refractivity (Wildman–Crippen MR) is 114 cm³/mol. The Morgan fingerprint density at radius 1 is 1.27 bits per heavy atom. The summed E-state index contributed by atoms with van der Waals surface area (Å²) < 4.78 is 1.76. The zero-order valence-electron chi connectivity index (χ0n) is 16.6. The Morgan fingerprint density at radius 2 is 2.03 bits per heavy atom. The first kappa shape index (κ1) is 19.9. The molecular weight excluding hydrogens is 404 g/mol. The van der Waals surface area contributed by atoms with Gasteiger partial charge in [-0.25, -0.2) is 4.98 Å². The Balaban J connectivity index is 1.54. The Kier molecular flexibility index (Phi) is 5.41. The standard InChI is InChI=1S/C21H21ClN6O2/c1-13-7-17(26-27(13)2)10-25-21(30)15-8-18-20(23-9-15)24-11-19(29)28(18)12-14-3-5-16(22)6-4-14/h3-9H,10-12H2,1-2H3,(H,23,24)(H,25,30). The smallest absolute Gasteiger partial charge is 0.253 e. The lowest BCUT2D eigenvalue weighted by molar-refractivity contribution is -0.117. The van der Waals surface area contributed by atoms with Gasteiger partial charge in [0.2, 0.25) is 5.91 Å². The van der Waals surface area contributed by atoms with E-state index in [1.807, 2.05) is 32.2 Å². The normalized spacial score (nSPS) is 13.0. The first-order valence-corrected chi connectivity index (χ1v) is 9.85. The Hall–Kier alpha value is -3.39. The van der Waals surface area contributed by atoms with Crippen LogP contribution in [0.4, 0.5) is 11.5 Å². The minimum atomic E-state index is -0.280. The lowest BCUT2D eigenvalue weighted by atomic mass is 10.1. The van der Waals surface area contributed by atoms with Crippen molar-refractivity contribution in [2.24, 2.45) is 7.05 Å². The molecule has 2 aromatic heterocycles. The highest BCUT2D eigenvalue weighted by molar-refractivity contribution is 6.30. The summed E-state index contributed by atoms with van der Waals surface area (Å²) in [6, 6.07) is 10.9. The number of fused-ring (bicyclic) bond motifs is 1. The topological polar surface area (TPSA) is 92.2 Å². The van der Waals surface area contributed by atoms with Crippen LogP contribution in [0.2, 0.25) is 5.02 Å². The lowest BCUT2D eigenvalue weighted by Crippen LogP contribution is -2.40. The fourth-order valence-corrected chi connectivity index (χ4v) is 3.37. The number of nitrogens with zero attached hydrogens (tertiary/aromatic N) is 4. The maximum atomic E-state index is 12.7. The molecule has 0 saturated carbocycles. The van der Waals surface area contributed by atoms with Crippen molar-refractivity contribution in [3.8, 4) is 0 Å². The van der Waals surface area contributed by atoms with Crippen molar-refractivity contribution >= 4 is 34.9 Å². The number of halogens is 1. The van der Waals surface area contributed by atoms with Gasteiger partial charge in [0.05, 0.1) is 36.6 Å². The van der Waals surface area contributed by atoms with Crippen molar-refractivity contribution in [2.75, 3.05) is 16.8 Å². The minimum Gasteiger partial charge on any atom is -0.359 e. The monoisotopic (exact) mass is 424 g/mol. The fourth-order valence-electron chi connectivity index (χ4n) is 3.25. The molecule has 2 N–H and O–H groups in total. The van der Waals surface area contributed by atoms with Crippen LogP contribution < -0.4 is 15.5 Å². The molecule has 0 spiro atoms. The van der Waals surface area contributed by atoms with Crippen LogP contribution in [-0.4, -0.2) is 33.1 Å². The minimum absolute atomic E-state index is 0.0965. The molecule has 0 bridgehead atoms. The number of carbonyl (C=O) groups excluding carboxylic acids is 2. The number of amides is 2. The van der Waals surface area contributed by atoms with Gasteiger partial charge in [0.25, 0.3) is 5.91 Å². The van der Waals surface area contributed by atoms with Gasteiger partial charge in [-0.2, -0.15) is 5.10 Å². The van der Waals surface area contributed by atoms with Crippen LogP contribution in [0.3, 0.4) is 0 Å². The summed E-state index contributed by atoms with van der Waals surface area (Å²) in [5.74, 6) is 0.194. The summed E-state index contributed by atoms with van der Waals surface area (Å²) in [7, 11) is 1.85. The molecule has 1 aliphatic heterocycles. The quantitative estimate of drug-likeness (QED) is 0.657. The van der Waals surface area contributed by atoms with Crippen LogP contribution in [0, 0.1) is 6.92 Å². The molecular formula is C21H21ClN6O2. The van der Waals surface area contributed by atoms with Gasteiger partial charge in [-0.15, -0.1) is 0 Å². The zero-order valence-corrected chi connectivity index (χ0v) is 17.4. The Bertz CT molecular complexity index is 1090. The maximum absolute atomic E-state index is 12.7. The largest absolute Gasteiger partial charge is 0.359 e. The van der Waals surface area contributed by atoms with E-state index in [4.69, 9.17) is 11.6 Å². The van der Waals surface area contributed by atoms with E-state index in [0.29, 0.717) is 35.2 Å². The van der Waals surface area contributed by atoms with E-state index < -0.39 is 0 Å². The van der Waals surface area contributed by atoms with Crippen molar-refractivity contribution < 1.29 is 9.59 Å². The number of aryl methyl sites for hydroxylation is 2. The summed E-state index contributed by atoms with van der Waals surface area (Å²) in [5.41, 5.74) is 3.66. The summed E-state index contributed by atoms with van der Waals surface area (Å²) in [6.45, 7) is 2.77. The number of nitrogens with one attached hydrogen (secondary N) is 2. The number of benzene rings is 1. The SMILES string of the molecule is Cc1cc(CNC(=O)c2cnc3c(c2)N(Cc2ccc(Cl)cc2)C(=O)CN3)nn1C. The first-order chi connectivity index (χ1) is 14.4. The van der Waals surface area contributed by atoms with E-state index in [0.717, 1.165) is 17.0 Å². The molecule has 154 valence electrons. The molecule has 1 aromatic carbocycles. The molecule has 2 amide bonds. The maximum Gasteiger partial charge on any atom is 0.253 e. The number of aromatic nitrogens is 3. The highest BCUT2D eigenvalue weighted by atomic mass is 35.5. The summed E-state index contributed by atoms with van der Waals surface area (Å²) in [4.78, 5) is 31.2. The average Bonchev–Trinajstić information content (AvgIpc) is 3.07. The van der Waals surface area contributed by atoms with Crippen LogP contribution in [0.1, 0.15) is 27.3 Å². The van der Waals surface area contributed by atoms with E-state index in [-0.39, 0.29) is 18.4 Å². The van der Waals surface area contributed by atoms with Crippen molar-refractivity contribution in [2.45, 2.75) is 20.0 Å². The number of rotatable bonds is 5. The summed E-state index contributed by atoms with van der Waals surface area (Å²) in [6.07, 6.45) is 1.50. The van der Waals surface area contributed by atoms with E-state index in [9.17, 15) is 9.59 Å². The van der Waals surface area contributed by atoms with Crippen LogP contribution in [0.5, 0.6) is 0 Å². The predicted octanol–water partition coefficient (Wildman–Crippen LogP) is 2.67. The number of carbonyl (C=O) groups is 2. The second-order valence-electron chi connectivity index (χ2n) is 7.13. The zero-order chi connectivity index (χ0) is 21.3. The van der Waals surface area contributed by atoms with Crippen LogP contribution in [0.25, 0.3) is 0 Å². The molecule has 0 atom stereocenters. The van der Waals surface area contributed by atoms with Crippen LogP contribution in [-0.2, 0) is 24.9 Å². The van der Waals surface area contributed by atoms with E-state index in [2.05, 4.69) is 20.7 Å². The van der Waals surface area contributed by atoms with Gasteiger partial charge >= 0.3 is 0 Å². The Morgan fingerprint density at radius 3 is 2.73 bits per heavy atom. The molecule has 30 heavy (non-hydrogen) atoms. The third kappa shape index (κ3) is 4.13. The second-order valence-corrected chi connectivity index (χ2v) is 7.57. The van der Waals surface area contributed by atoms with Gasteiger partial charge in [0, 0.05) is 24.0 Å². The van der Waals surface area contributed by atoms with Gasteiger partial charge in [0.15, 0.2) is 5.82 Å². The van der Waals surface area contributed by atoms with Gasteiger partial charge in [-0.05, 0) is 36.8 Å². The van der Waals surface area contributed by atoms with Gasteiger partial charge in [0.1, 0.15) is 0 Å². The highest BCUT2D eigenvalue weighted by Crippen LogP contribution is 2.30. The average molecular weight is 425 g/mol. The molecule has 0 fully saturated rings. The van der Waals surface area contributed by atoms with Crippen molar-refractivity contribution in [1.29, 1.82) is 0 Å². The molecule has 3 heterocycles. The van der Waals surface area contributed by atoms with Crippen molar-refractivity contribution in [3.05, 3.63) is 70.1 Å². The number of hydrogen-bond donors (Lipinski definition) is 2. The van der Waals surface area contributed by atoms with Gasteiger partial charge in [-0.3, -0.25) is 14.3 Å². The molecule has 8 nitrogen and oxygen atoms in total. The number of pyridine rings is 1. The molecule has 4 rings (SSSR count). The van der Waals surface area contributed by atoms with E-state index in [1.165, 1.54) is 6.20 Å². The molecule has 0 saturated heterocycles. The third-order valence-corrected chi connectivity index (χ3v) is 5.23. The van der Waals surface area contributed by atoms with Crippen LogP contribution >= 0.6 is 11.6 Å².